The Bertz CT molecular complexity index is 628. The van der Waals surface area contributed by atoms with Crippen molar-refractivity contribution in [2.75, 3.05) is 6.61 Å². The third kappa shape index (κ3) is 6.45. The first-order chi connectivity index (χ1) is 12.2. The normalized spacial score (nSPS) is 10.8. The van der Waals surface area contributed by atoms with Crippen LogP contribution in [0.5, 0.6) is 5.75 Å². The molecule has 1 aromatic heterocycles. The van der Waals surface area contributed by atoms with Crippen molar-refractivity contribution in [3.8, 4) is 17.0 Å². The van der Waals surface area contributed by atoms with Gasteiger partial charge in [-0.05, 0) is 38.0 Å². The van der Waals surface area contributed by atoms with E-state index < -0.39 is 0 Å². The maximum atomic E-state index is 13.9. The predicted octanol–water partition coefficient (Wildman–Crippen LogP) is 5.97. The second-order valence-electron chi connectivity index (χ2n) is 6.34. The van der Waals surface area contributed by atoms with Gasteiger partial charge in [0.2, 0.25) is 0 Å². The van der Waals surface area contributed by atoms with Crippen LogP contribution in [-0.2, 0) is 6.42 Å². The zero-order valence-electron chi connectivity index (χ0n) is 15.4. The standard InChI is InChI=1S/C21H29FN2O/c1-3-5-6-7-8-9-10-11-18-15-24-20(16-23-18)17-12-13-21(25-4-2)19(22)14-17/h12-16H,3-11H2,1-2H3. The maximum absolute atomic E-state index is 13.9. The molecule has 0 fully saturated rings. The van der Waals surface area contributed by atoms with Crippen LogP contribution in [0.2, 0.25) is 0 Å². The lowest BCUT2D eigenvalue weighted by Gasteiger charge is -2.07. The molecule has 1 heterocycles. The lowest BCUT2D eigenvalue weighted by Crippen LogP contribution is -1.96. The van der Waals surface area contributed by atoms with E-state index in [1.54, 1.807) is 18.5 Å². The highest BCUT2D eigenvalue weighted by Crippen LogP contribution is 2.24. The van der Waals surface area contributed by atoms with Crippen LogP contribution < -0.4 is 4.74 Å². The second-order valence-corrected chi connectivity index (χ2v) is 6.34. The molecule has 0 saturated carbocycles. The summed E-state index contributed by atoms with van der Waals surface area (Å²) in [6.07, 6.45) is 13.5. The largest absolute Gasteiger partial charge is 0.491 e. The Hall–Kier alpha value is -1.97. The molecule has 0 radical (unpaired) electrons. The summed E-state index contributed by atoms with van der Waals surface area (Å²) in [6, 6.07) is 4.90. The number of hydrogen-bond donors (Lipinski definition) is 0. The molecule has 1 aromatic carbocycles. The topological polar surface area (TPSA) is 35.0 Å². The van der Waals surface area contributed by atoms with Crippen LogP contribution in [0.25, 0.3) is 11.3 Å². The Labute approximate surface area is 150 Å². The Kier molecular flexibility index (Phi) is 8.36. The molecule has 4 heteroatoms. The molecule has 25 heavy (non-hydrogen) atoms. The quantitative estimate of drug-likeness (QED) is 0.471. The number of halogens is 1. The van der Waals surface area contributed by atoms with Crippen molar-refractivity contribution >= 4 is 0 Å². The van der Waals surface area contributed by atoms with Gasteiger partial charge in [0, 0.05) is 11.8 Å². The van der Waals surface area contributed by atoms with Gasteiger partial charge >= 0.3 is 0 Å². The zero-order valence-corrected chi connectivity index (χ0v) is 15.4. The number of aromatic nitrogens is 2. The number of unbranched alkanes of at least 4 members (excludes halogenated alkanes) is 6. The summed E-state index contributed by atoms with van der Waals surface area (Å²) in [5.74, 6) is -0.0944. The Morgan fingerprint density at radius 2 is 1.68 bits per heavy atom. The van der Waals surface area contributed by atoms with Crippen LogP contribution >= 0.6 is 0 Å². The van der Waals surface area contributed by atoms with Crippen molar-refractivity contribution in [3.63, 3.8) is 0 Å². The molecule has 0 saturated heterocycles. The molecule has 0 bridgehead atoms. The minimum Gasteiger partial charge on any atom is -0.491 e. The number of benzene rings is 1. The Balaban J connectivity index is 1.82. The monoisotopic (exact) mass is 344 g/mol. The molecular formula is C21H29FN2O. The maximum Gasteiger partial charge on any atom is 0.165 e. The van der Waals surface area contributed by atoms with E-state index in [0.717, 1.165) is 24.1 Å². The molecule has 0 atom stereocenters. The highest BCUT2D eigenvalue weighted by Gasteiger charge is 2.07. The van der Waals surface area contributed by atoms with Crippen molar-refractivity contribution in [1.82, 2.24) is 9.97 Å². The molecule has 136 valence electrons. The average Bonchev–Trinajstić information content (AvgIpc) is 2.63. The van der Waals surface area contributed by atoms with E-state index in [4.69, 9.17) is 4.74 Å². The van der Waals surface area contributed by atoms with E-state index in [1.165, 1.54) is 44.6 Å². The lowest BCUT2D eigenvalue weighted by molar-refractivity contribution is 0.321. The minimum atomic E-state index is -0.367. The van der Waals surface area contributed by atoms with E-state index >= 15 is 0 Å². The molecule has 2 aromatic rings. The van der Waals surface area contributed by atoms with Gasteiger partial charge in [0.1, 0.15) is 0 Å². The lowest BCUT2D eigenvalue weighted by atomic mass is 10.1. The fourth-order valence-corrected chi connectivity index (χ4v) is 2.83. The molecule has 0 aliphatic rings. The van der Waals surface area contributed by atoms with E-state index in [9.17, 15) is 4.39 Å². The summed E-state index contributed by atoms with van der Waals surface area (Å²) in [7, 11) is 0. The molecule has 0 aliphatic carbocycles. The first kappa shape index (κ1) is 19.4. The third-order valence-corrected chi connectivity index (χ3v) is 4.27. The molecule has 0 amide bonds. The second kappa shape index (κ2) is 10.8. The van der Waals surface area contributed by atoms with E-state index in [-0.39, 0.29) is 11.6 Å². The average molecular weight is 344 g/mol. The van der Waals surface area contributed by atoms with E-state index in [0.29, 0.717) is 12.3 Å². The van der Waals surface area contributed by atoms with Crippen molar-refractivity contribution in [1.29, 1.82) is 0 Å². The summed E-state index contributed by atoms with van der Waals surface area (Å²) < 4.78 is 19.2. The summed E-state index contributed by atoms with van der Waals surface area (Å²) >= 11 is 0. The Morgan fingerprint density at radius 1 is 0.920 bits per heavy atom. The van der Waals surface area contributed by atoms with Gasteiger partial charge in [-0.1, -0.05) is 45.4 Å². The molecular weight excluding hydrogens is 315 g/mol. The fraction of sp³-hybridized carbons (Fsp3) is 0.524. The summed E-state index contributed by atoms with van der Waals surface area (Å²) in [5.41, 5.74) is 2.41. The van der Waals surface area contributed by atoms with Gasteiger partial charge in [0.25, 0.3) is 0 Å². The summed E-state index contributed by atoms with van der Waals surface area (Å²) in [5, 5.41) is 0. The molecule has 0 N–H and O–H groups in total. The highest BCUT2D eigenvalue weighted by atomic mass is 19.1. The first-order valence-corrected chi connectivity index (χ1v) is 9.48. The van der Waals surface area contributed by atoms with Crippen molar-refractivity contribution in [3.05, 3.63) is 42.1 Å². The number of rotatable bonds is 11. The molecule has 0 unspecified atom stereocenters. The fourth-order valence-electron chi connectivity index (χ4n) is 2.83. The number of nitrogens with zero attached hydrogens (tertiary/aromatic N) is 2. The van der Waals surface area contributed by atoms with Gasteiger partial charge in [0.15, 0.2) is 11.6 Å². The van der Waals surface area contributed by atoms with Gasteiger partial charge in [-0.3, -0.25) is 9.97 Å². The van der Waals surface area contributed by atoms with Crippen molar-refractivity contribution in [2.45, 2.75) is 65.2 Å². The van der Waals surface area contributed by atoms with Gasteiger partial charge in [-0.2, -0.15) is 0 Å². The summed E-state index contributed by atoms with van der Waals surface area (Å²) in [6.45, 7) is 4.52. The van der Waals surface area contributed by atoms with Crippen LogP contribution in [0.1, 0.15) is 64.5 Å². The molecule has 3 nitrogen and oxygen atoms in total. The van der Waals surface area contributed by atoms with Crippen LogP contribution in [0.15, 0.2) is 30.6 Å². The highest BCUT2D eigenvalue weighted by molar-refractivity contribution is 5.59. The van der Waals surface area contributed by atoms with Crippen LogP contribution in [0.4, 0.5) is 4.39 Å². The molecule has 0 aliphatic heterocycles. The smallest absolute Gasteiger partial charge is 0.165 e. The minimum absolute atomic E-state index is 0.273. The van der Waals surface area contributed by atoms with Crippen molar-refractivity contribution in [2.24, 2.45) is 0 Å². The first-order valence-electron chi connectivity index (χ1n) is 9.48. The van der Waals surface area contributed by atoms with Crippen molar-refractivity contribution < 1.29 is 9.13 Å². The number of hydrogen-bond acceptors (Lipinski definition) is 3. The molecule has 2 rings (SSSR count). The van der Waals surface area contributed by atoms with Crippen LogP contribution in [0.3, 0.4) is 0 Å². The van der Waals surface area contributed by atoms with Crippen LogP contribution in [0, 0.1) is 5.82 Å². The Morgan fingerprint density at radius 3 is 2.32 bits per heavy atom. The SMILES string of the molecule is CCCCCCCCCc1cnc(-c2ccc(OCC)c(F)c2)cn1. The zero-order chi connectivity index (χ0) is 17.9. The van der Waals surface area contributed by atoms with Gasteiger partial charge in [-0.25, -0.2) is 4.39 Å². The molecule has 0 spiro atoms. The van der Waals surface area contributed by atoms with Gasteiger partial charge in [0.05, 0.1) is 24.2 Å². The third-order valence-electron chi connectivity index (χ3n) is 4.27. The van der Waals surface area contributed by atoms with Gasteiger partial charge in [-0.15, -0.1) is 0 Å². The van der Waals surface area contributed by atoms with E-state index in [2.05, 4.69) is 16.9 Å². The summed E-state index contributed by atoms with van der Waals surface area (Å²) in [4.78, 5) is 8.91. The van der Waals surface area contributed by atoms with Gasteiger partial charge < -0.3 is 4.74 Å². The van der Waals surface area contributed by atoms with Crippen LogP contribution in [-0.4, -0.2) is 16.6 Å². The number of aryl methyl sites for hydroxylation is 1. The number of ether oxygens (including phenoxy) is 1. The predicted molar refractivity (Wildman–Crippen MR) is 100 cm³/mol. The van der Waals surface area contributed by atoms with E-state index in [1.807, 2.05) is 13.0 Å².